The lowest BCUT2D eigenvalue weighted by Crippen LogP contribution is -2.17. The summed E-state index contributed by atoms with van der Waals surface area (Å²) in [4.78, 5) is 49.2. The zero-order valence-corrected chi connectivity index (χ0v) is 19.5. The van der Waals surface area contributed by atoms with E-state index in [2.05, 4.69) is 0 Å². The highest BCUT2D eigenvalue weighted by Gasteiger charge is 2.27. The van der Waals surface area contributed by atoms with E-state index in [-0.39, 0.29) is 33.6 Å². The van der Waals surface area contributed by atoms with Crippen molar-refractivity contribution in [1.29, 1.82) is 0 Å². The van der Waals surface area contributed by atoms with Crippen molar-refractivity contribution in [2.75, 3.05) is 0 Å². The van der Waals surface area contributed by atoms with Crippen molar-refractivity contribution in [3.8, 4) is 0 Å². The number of primary amides is 2. The third-order valence-electron chi connectivity index (χ3n) is 7.17. The van der Waals surface area contributed by atoms with Gasteiger partial charge in [-0.2, -0.15) is 0 Å². The maximum absolute atomic E-state index is 12.6. The van der Waals surface area contributed by atoms with E-state index in [1.807, 2.05) is 13.8 Å². The molecule has 0 aromatic heterocycles. The van der Waals surface area contributed by atoms with Crippen molar-refractivity contribution in [2.24, 2.45) is 11.5 Å². The van der Waals surface area contributed by atoms with E-state index in [4.69, 9.17) is 11.5 Å². The van der Waals surface area contributed by atoms with E-state index in [0.717, 1.165) is 12.0 Å². The van der Waals surface area contributed by atoms with Crippen LogP contribution in [0.1, 0.15) is 73.2 Å². The Morgan fingerprint density at radius 3 is 1.64 bits per heavy atom. The average molecular weight is 482 g/mol. The van der Waals surface area contributed by atoms with Gasteiger partial charge in [-0.25, -0.2) is 9.59 Å². The first-order chi connectivity index (χ1) is 17.1. The van der Waals surface area contributed by atoms with Gasteiger partial charge in [-0.15, -0.1) is 0 Å². The van der Waals surface area contributed by atoms with E-state index >= 15 is 0 Å². The highest BCUT2D eigenvalue weighted by Crippen LogP contribution is 2.46. The van der Waals surface area contributed by atoms with Crippen molar-refractivity contribution >= 4 is 66.8 Å². The van der Waals surface area contributed by atoms with Gasteiger partial charge in [-0.1, -0.05) is 32.0 Å². The molecule has 1 unspecified atom stereocenters. The molecule has 5 aromatic carbocycles. The molecule has 6 N–H and O–H groups in total. The number of aromatic carboxylic acids is 2. The monoisotopic (exact) mass is 482 g/mol. The van der Waals surface area contributed by atoms with Crippen LogP contribution in [0.5, 0.6) is 0 Å². The van der Waals surface area contributed by atoms with E-state index in [0.29, 0.717) is 37.7 Å². The number of carbonyl (C=O) groups excluding carboxylic acids is 2. The number of benzene rings is 5. The number of fused-ring (bicyclic) bond motifs is 2. The lowest BCUT2D eigenvalue weighted by atomic mass is 9.80. The fraction of sp³-hybridized carbons (Fsp3) is 0.143. The highest BCUT2D eigenvalue weighted by molar-refractivity contribution is 6.38. The number of hydrogen-bond donors (Lipinski definition) is 4. The fourth-order valence-corrected chi connectivity index (χ4v) is 5.39. The van der Waals surface area contributed by atoms with Crippen LogP contribution >= 0.6 is 0 Å². The molecule has 0 aliphatic heterocycles. The number of nitrogens with two attached hydrogens (primary N) is 2. The minimum atomic E-state index is -1.24. The molecule has 0 saturated heterocycles. The predicted octanol–water partition coefficient (Wildman–Crippen LogP) is 4.84. The third-order valence-corrected chi connectivity index (χ3v) is 7.17. The smallest absolute Gasteiger partial charge is 0.336 e. The molecule has 8 nitrogen and oxygen atoms in total. The zero-order valence-electron chi connectivity index (χ0n) is 19.5. The van der Waals surface area contributed by atoms with Crippen LogP contribution in [0.4, 0.5) is 0 Å². The molecule has 8 heteroatoms. The van der Waals surface area contributed by atoms with Gasteiger partial charge in [0.05, 0.1) is 11.1 Å². The summed E-state index contributed by atoms with van der Waals surface area (Å²) in [7, 11) is 0. The second kappa shape index (κ2) is 7.91. The summed E-state index contributed by atoms with van der Waals surface area (Å²) in [6.07, 6.45) is 0.722. The van der Waals surface area contributed by atoms with Crippen LogP contribution in [0, 0.1) is 0 Å². The summed E-state index contributed by atoms with van der Waals surface area (Å²) in [5.74, 6) is -3.94. The Morgan fingerprint density at radius 1 is 0.667 bits per heavy atom. The number of carboxylic acids is 2. The Labute approximate surface area is 204 Å². The largest absolute Gasteiger partial charge is 0.478 e. The van der Waals surface area contributed by atoms with Gasteiger partial charge in [0, 0.05) is 21.9 Å². The summed E-state index contributed by atoms with van der Waals surface area (Å²) in [6.45, 7) is 3.99. The molecule has 0 aliphatic carbocycles. The predicted molar refractivity (Wildman–Crippen MR) is 137 cm³/mol. The molecule has 180 valence electrons. The normalized spacial score (nSPS) is 12.5. The molecule has 0 heterocycles. The summed E-state index contributed by atoms with van der Waals surface area (Å²) in [5, 5.41) is 23.9. The maximum Gasteiger partial charge on any atom is 0.336 e. The molecule has 36 heavy (non-hydrogen) atoms. The van der Waals surface area contributed by atoms with Gasteiger partial charge in [-0.3, -0.25) is 9.59 Å². The van der Waals surface area contributed by atoms with Crippen LogP contribution in [0.15, 0.2) is 42.5 Å². The molecule has 0 radical (unpaired) electrons. The van der Waals surface area contributed by atoms with Crippen LogP contribution < -0.4 is 11.5 Å². The highest BCUT2D eigenvalue weighted by atomic mass is 16.4. The molecular formula is C28H22N2O6. The van der Waals surface area contributed by atoms with E-state index in [9.17, 15) is 29.4 Å². The number of carbonyl (C=O) groups is 4. The second-order valence-electron chi connectivity index (χ2n) is 9.02. The van der Waals surface area contributed by atoms with Gasteiger partial charge in [0.2, 0.25) is 11.8 Å². The molecule has 0 aliphatic rings. The molecule has 2 amide bonds. The Hall–Kier alpha value is -4.72. The second-order valence-corrected chi connectivity index (χ2v) is 9.02. The maximum atomic E-state index is 12.6. The Kier molecular flexibility index (Phi) is 5.06. The molecule has 0 spiro atoms. The van der Waals surface area contributed by atoms with Crippen molar-refractivity contribution in [3.63, 3.8) is 0 Å². The molecule has 0 fully saturated rings. The molecule has 0 saturated carbocycles. The van der Waals surface area contributed by atoms with Gasteiger partial charge in [0.1, 0.15) is 0 Å². The quantitative estimate of drug-likeness (QED) is 0.200. The van der Waals surface area contributed by atoms with E-state index in [1.54, 1.807) is 24.3 Å². The molecule has 0 bridgehead atoms. The van der Waals surface area contributed by atoms with Crippen molar-refractivity contribution in [2.45, 2.75) is 26.2 Å². The molecule has 1 atom stereocenters. The minimum absolute atomic E-state index is 0.0361. The van der Waals surface area contributed by atoms with E-state index < -0.39 is 23.8 Å². The van der Waals surface area contributed by atoms with Crippen molar-refractivity contribution in [3.05, 3.63) is 70.3 Å². The first kappa shape index (κ1) is 23.0. The third kappa shape index (κ3) is 3.00. The van der Waals surface area contributed by atoms with Gasteiger partial charge in [-0.05, 0) is 74.5 Å². The average Bonchev–Trinajstić information content (AvgIpc) is 2.84. The summed E-state index contributed by atoms with van der Waals surface area (Å²) >= 11 is 0. The van der Waals surface area contributed by atoms with Crippen LogP contribution in [0.3, 0.4) is 0 Å². The topological polar surface area (TPSA) is 161 Å². The molecule has 5 rings (SSSR count). The van der Waals surface area contributed by atoms with Gasteiger partial charge in [0.15, 0.2) is 0 Å². The van der Waals surface area contributed by atoms with Crippen molar-refractivity contribution in [1.82, 2.24) is 0 Å². The molecule has 5 aromatic rings. The minimum Gasteiger partial charge on any atom is -0.478 e. The molecular weight excluding hydrogens is 460 g/mol. The Balaban J connectivity index is 2.23. The first-order valence-corrected chi connectivity index (χ1v) is 11.4. The summed E-state index contributed by atoms with van der Waals surface area (Å²) in [6, 6.07) is 10.9. The fourth-order valence-electron chi connectivity index (χ4n) is 5.39. The van der Waals surface area contributed by atoms with Crippen molar-refractivity contribution < 1.29 is 29.4 Å². The Morgan fingerprint density at radius 2 is 1.14 bits per heavy atom. The summed E-state index contributed by atoms with van der Waals surface area (Å²) < 4.78 is 0. The van der Waals surface area contributed by atoms with Gasteiger partial charge >= 0.3 is 11.9 Å². The number of amides is 2. The number of carboxylic acid groups (broad SMARTS) is 2. The number of hydrogen-bond acceptors (Lipinski definition) is 4. The Bertz CT molecular complexity index is 1780. The van der Waals surface area contributed by atoms with Crippen LogP contribution in [0.2, 0.25) is 0 Å². The van der Waals surface area contributed by atoms with Gasteiger partial charge in [0.25, 0.3) is 0 Å². The van der Waals surface area contributed by atoms with Gasteiger partial charge < -0.3 is 21.7 Å². The van der Waals surface area contributed by atoms with Crippen LogP contribution in [-0.2, 0) is 0 Å². The van der Waals surface area contributed by atoms with Crippen LogP contribution in [-0.4, -0.2) is 34.0 Å². The first-order valence-electron chi connectivity index (χ1n) is 11.4. The lowest BCUT2D eigenvalue weighted by molar-refractivity contribution is 0.0695. The standard InChI is InChI=1S/C28H22N2O6/c1-3-11(2)18-10-19(26(30)32)22-15(25(29)31)7-4-13-12-5-8-16(27(33)34)23-17(28(35)36)9-6-14(20(12)23)21(18)24(13)22/h4-11H,3H2,1-2H3,(H2,29,31)(H2,30,32)(H,33,34)(H,35,36). The van der Waals surface area contributed by atoms with Crippen LogP contribution in [0.25, 0.3) is 43.1 Å². The zero-order chi connectivity index (χ0) is 26.0. The lowest BCUT2D eigenvalue weighted by Gasteiger charge is -2.23. The SMILES string of the molecule is CCC(C)c1cc(C(N)=O)c2c(C(N)=O)ccc3c4ccc(C(=O)O)c5c(C(=O)O)ccc(c1c23)c54. The van der Waals surface area contributed by atoms with E-state index in [1.165, 1.54) is 18.2 Å². The number of rotatable bonds is 6. The summed E-state index contributed by atoms with van der Waals surface area (Å²) in [5.41, 5.74) is 12.3.